The number of fused-ring (bicyclic) bond motifs is 2. The second kappa shape index (κ2) is 4.39. The van der Waals surface area contributed by atoms with Crippen LogP contribution in [0.3, 0.4) is 0 Å². The molecule has 0 radical (unpaired) electrons. The average Bonchev–Trinajstić information content (AvgIpc) is 2.95. The highest BCUT2D eigenvalue weighted by Crippen LogP contribution is 2.34. The molecule has 0 bridgehead atoms. The van der Waals surface area contributed by atoms with E-state index >= 15 is 0 Å². The summed E-state index contributed by atoms with van der Waals surface area (Å²) in [4.78, 5) is 0. The lowest BCUT2D eigenvalue weighted by molar-refractivity contribution is 0.616. The van der Waals surface area contributed by atoms with Gasteiger partial charge in [-0.05, 0) is 40.8 Å². The number of halogens is 1. The van der Waals surface area contributed by atoms with E-state index in [0.29, 0.717) is 0 Å². The van der Waals surface area contributed by atoms with Gasteiger partial charge in [0.15, 0.2) is 0 Å². The highest BCUT2D eigenvalue weighted by molar-refractivity contribution is 6.36. The Balaban J connectivity index is 2.04. The van der Waals surface area contributed by atoms with Crippen LogP contribution < -0.4 is 0 Å². The van der Waals surface area contributed by atoms with Crippen LogP contribution in [0.2, 0.25) is 5.02 Å². The molecule has 0 N–H and O–H groups in total. The van der Waals surface area contributed by atoms with Gasteiger partial charge in [0.2, 0.25) is 0 Å². The zero-order valence-electron chi connectivity index (χ0n) is 10.6. The summed E-state index contributed by atoms with van der Waals surface area (Å²) in [7, 11) is 0. The highest BCUT2D eigenvalue weighted by Gasteiger charge is 2.07. The molecule has 20 heavy (non-hydrogen) atoms. The van der Waals surface area contributed by atoms with Crippen molar-refractivity contribution in [3.63, 3.8) is 0 Å². The van der Waals surface area contributed by atoms with Gasteiger partial charge in [-0.25, -0.2) is 0 Å². The van der Waals surface area contributed by atoms with E-state index in [1.807, 2.05) is 30.3 Å². The standard InChI is InChI=1S/C18H11ClO/c19-17-7-6-14(15-3-1-2-4-16(15)17)12-5-8-18-13(11-12)9-10-20-18/h1-11H. The minimum absolute atomic E-state index is 0.786. The molecule has 2 heteroatoms. The van der Waals surface area contributed by atoms with Crippen LogP contribution in [0.5, 0.6) is 0 Å². The maximum Gasteiger partial charge on any atom is 0.133 e. The van der Waals surface area contributed by atoms with Gasteiger partial charge in [0.25, 0.3) is 0 Å². The minimum atomic E-state index is 0.786. The predicted molar refractivity (Wildman–Crippen MR) is 84.2 cm³/mol. The summed E-state index contributed by atoms with van der Waals surface area (Å²) in [6.45, 7) is 0. The van der Waals surface area contributed by atoms with Gasteiger partial charge in [-0.3, -0.25) is 0 Å². The third kappa shape index (κ3) is 1.71. The molecule has 96 valence electrons. The van der Waals surface area contributed by atoms with E-state index < -0.39 is 0 Å². The fourth-order valence-electron chi connectivity index (χ4n) is 2.65. The Morgan fingerprint density at radius 3 is 2.55 bits per heavy atom. The zero-order chi connectivity index (χ0) is 13.5. The van der Waals surface area contributed by atoms with Crippen LogP contribution in [0.25, 0.3) is 32.9 Å². The lowest BCUT2D eigenvalue weighted by Gasteiger charge is -2.08. The first-order valence-electron chi connectivity index (χ1n) is 6.48. The van der Waals surface area contributed by atoms with Crippen LogP contribution in [0.1, 0.15) is 0 Å². The predicted octanol–water partition coefficient (Wildman–Crippen LogP) is 5.91. The van der Waals surface area contributed by atoms with Crippen molar-refractivity contribution in [3.8, 4) is 11.1 Å². The first kappa shape index (κ1) is 11.6. The highest BCUT2D eigenvalue weighted by atomic mass is 35.5. The fourth-order valence-corrected chi connectivity index (χ4v) is 2.88. The third-order valence-corrected chi connectivity index (χ3v) is 3.96. The van der Waals surface area contributed by atoms with Crippen molar-refractivity contribution in [1.29, 1.82) is 0 Å². The third-order valence-electron chi connectivity index (χ3n) is 3.63. The molecule has 1 heterocycles. The van der Waals surface area contributed by atoms with Crippen molar-refractivity contribution in [2.75, 3.05) is 0 Å². The normalized spacial score (nSPS) is 11.2. The van der Waals surface area contributed by atoms with Crippen molar-refractivity contribution in [3.05, 3.63) is 71.9 Å². The van der Waals surface area contributed by atoms with Gasteiger partial charge in [-0.15, -0.1) is 0 Å². The minimum Gasteiger partial charge on any atom is -0.464 e. The van der Waals surface area contributed by atoms with Gasteiger partial charge < -0.3 is 4.42 Å². The molecule has 0 saturated carbocycles. The summed E-state index contributed by atoms with van der Waals surface area (Å²) in [5.41, 5.74) is 3.27. The van der Waals surface area contributed by atoms with Crippen LogP contribution in [-0.4, -0.2) is 0 Å². The molecule has 1 nitrogen and oxygen atoms in total. The van der Waals surface area contributed by atoms with Crippen molar-refractivity contribution in [2.45, 2.75) is 0 Å². The van der Waals surface area contributed by atoms with Crippen LogP contribution in [0, 0.1) is 0 Å². The van der Waals surface area contributed by atoms with Crippen molar-refractivity contribution in [1.82, 2.24) is 0 Å². The molecule has 0 aliphatic carbocycles. The molecule has 4 aromatic rings. The molecule has 0 aliphatic rings. The van der Waals surface area contributed by atoms with Gasteiger partial charge in [-0.2, -0.15) is 0 Å². The van der Waals surface area contributed by atoms with Crippen LogP contribution >= 0.6 is 11.6 Å². The van der Waals surface area contributed by atoms with Gasteiger partial charge in [0.05, 0.1) is 6.26 Å². The molecule has 0 unspecified atom stereocenters. The van der Waals surface area contributed by atoms with E-state index in [2.05, 4.69) is 30.3 Å². The Morgan fingerprint density at radius 1 is 0.800 bits per heavy atom. The van der Waals surface area contributed by atoms with Crippen molar-refractivity contribution < 1.29 is 4.42 Å². The Kier molecular flexibility index (Phi) is 2.54. The molecule has 1 aromatic heterocycles. The van der Waals surface area contributed by atoms with E-state index in [-0.39, 0.29) is 0 Å². The smallest absolute Gasteiger partial charge is 0.133 e. The first-order chi connectivity index (χ1) is 9.83. The maximum absolute atomic E-state index is 6.28. The summed E-state index contributed by atoms with van der Waals surface area (Å²) in [6.07, 6.45) is 1.72. The van der Waals surface area contributed by atoms with Crippen molar-refractivity contribution in [2.24, 2.45) is 0 Å². The van der Waals surface area contributed by atoms with Crippen LogP contribution in [0.4, 0.5) is 0 Å². The lowest BCUT2D eigenvalue weighted by atomic mass is 9.97. The number of rotatable bonds is 1. The topological polar surface area (TPSA) is 13.1 Å². The van der Waals surface area contributed by atoms with E-state index in [1.54, 1.807) is 6.26 Å². The second-order valence-corrected chi connectivity index (χ2v) is 5.22. The Morgan fingerprint density at radius 2 is 1.65 bits per heavy atom. The summed E-state index contributed by atoms with van der Waals surface area (Å²) in [6, 6.07) is 20.5. The Bertz CT molecular complexity index is 921. The molecule has 0 atom stereocenters. The van der Waals surface area contributed by atoms with Gasteiger partial charge >= 0.3 is 0 Å². The van der Waals surface area contributed by atoms with E-state index in [4.69, 9.17) is 16.0 Å². The van der Waals surface area contributed by atoms with Crippen molar-refractivity contribution >= 4 is 33.3 Å². The van der Waals surface area contributed by atoms with E-state index in [9.17, 15) is 0 Å². The molecule has 0 aliphatic heterocycles. The van der Waals surface area contributed by atoms with Crippen LogP contribution in [0.15, 0.2) is 71.3 Å². The monoisotopic (exact) mass is 278 g/mol. The van der Waals surface area contributed by atoms with E-state index in [0.717, 1.165) is 21.4 Å². The summed E-state index contributed by atoms with van der Waals surface area (Å²) in [5.74, 6) is 0. The molecule has 0 saturated heterocycles. The molecule has 3 aromatic carbocycles. The first-order valence-corrected chi connectivity index (χ1v) is 6.85. The summed E-state index contributed by atoms with van der Waals surface area (Å²) < 4.78 is 5.39. The molecule has 4 rings (SSSR count). The van der Waals surface area contributed by atoms with Crippen LogP contribution in [-0.2, 0) is 0 Å². The summed E-state index contributed by atoms with van der Waals surface area (Å²) >= 11 is 6.28. The molecular formula is C18H11ClO. The fraction of sp³-hybridized carbons (Fsp3) is 0. The molecular weight excluding hydrogens is 268 g/mol. The maximum atomic E-state index is 6.28. The zero-order valence-corrected chi connectivity index (χ0v) is 11.4. The quantitative estimate of drug-likeness (QED) is 0.422. The summed E-state index contributed by atoms with van der Waals surface area (Å²) in [5, 5.41) is 4.15. The number of hydrogen-bond acceptors (Lipinski definition) is 1. The Labute approximate surface area is 121 Å². The largest absolute Gasteiger partial charge is 0.464 e. The number of furan rings is 1. The number of hydrogen-bond donors (Lipinski definition) is 0. The lowest BCUT2D eigenvalue weighted by Crippen LogP contribution is -1.82. The van der Waals surface area contributed by atoms with Gasteiger partial charge in [0.1, 0.15) is 5.58 Å². The average molecular weight is 279 g/mol. The Hall–Kier alpha value is -2.25. The number of benzene rings is 3. The SMILES string of the molecule is Clc1ccc(-c2ccc3occc3c2)c2ccccc12. The molecule has 0 spiro atoms. The van der Waals surface area contributed by atoms with Gasteiger partial charge in [0, 0.05) is 15.8 Å². The van der Waals surface area contributed by atoms with Gasteiger partial charge in [-0.1, -0.05) is 48.0 Å². The second-order valence-electron chi connectivity index (χ2n) is 4.81. The van der Waals surface area contributed by atoms with E-state index in [1.165, 1.54) is 16.5 Å². The molecule has 0 amide bonds. The molecule has 0 fully saturated rings.